The van der Waals surface area contributed by atoms with Gasteiger partial charge >= 0.3 is 5.97 Å². The predicted molar refractivity (Wildman–Crippen MR) is 61.3 cm³/mol. The Balaban J connectivity index is 2.59. The molecule has 0 aliphatic rings. The monoisotopic (exact) mass is 281 g/mol. The summed E-state index contributed by atoms with van der Waals surface area (Å²) in [5.74, 6) is -0.837. The van der Waals surface area contributed by atoms with E-state index in [1.807, 2.05) is 19.1 Å². The van der Waals surface area contributed by atoms with Crippen LogP contribution in [0.3, 0.4) is 0 Å². The van der Waals surface area contributed by atoms with Crippen molar-refractivity contribution in [2.45, 2.75) is 6.92 Å². The van der Waals surface area contributed by atoms with E-state index in [9.17, 15) is 4.79 Å². The lowest BCUT2D eigenvalue weighted by molar-refractivity contribution is 0.0691. The first-order chi connectivity index (χ1) is 7.59. The molecule has 0 aliphatic carbocycles. The zero-order chi connectivity index (χ0) is 11.7. The average Bonchev–Trinajstić information content (AvgIpc) is 2.66. The van der Waals surface area contributed by atoms with Crippen LogP contribution in [-0.4, -0.2) is 16.1 Å². The van der Waals surface area contributed by atoms with Gasteiger partial charge < -0.3 is 9.52 Å². The number of hydrogen-bond acceptors (Lipinski definition) is 3. The lowest BCUT2D eigenvalue weighted by Gasteiger charge is -2.02. The number of oxazole rings is 1. The summed E-state index contributed by atoms with van der Waals surface area (Å²) in [4.78, 5) is 14.6. The third-order valence-corrected chi connectivity index (χ3v) is 2.80. The van der Waals surface area contributed by atoms with Gasteiger partial charge in [0.2, 0.25) is 0 Å². The van der Waals surface area contributed by atoms with Crippen LogP contribution in [-0.2, 0) is 0 Å². The van der Waals surface area contributed by atoms with Crippen LogP contribution in [0, 0.1) is 6.92 Å². The van der Waals surface area contributed by atoms with E-state index in [-0.39, 0.29) is 11.5 Å². The molecule has 1 heterocycles. The van der Waals surface area contributed by atoms with Crippen molar-refractivity contribution in [2.24, 2.45) is 0 Å². The Labute approximate surface area is 100 Å². The molecule has 1 N–H and O–H groups in total. The molecular weight excluding hydrogens is 274 g/mol. The number of aromatic nitrogens is 1. The SMILES string of the molecule is Cc1ccc(-c2ocnc2C(=O)O)c(Br)c1. The van der Waals surface area contributed by atoms with Crippen molar-refractivity contribution in [2.75, 3.05) is 0 Å². The van der Waals surface area contributed by atoms with Crippen LogP contribution in [0.4, 0.5) is 0 Å². The van der Waals surface area contributed by atoms with E-state index in [1.165, 1.54) is 0 Å². The zero-order valence-corrected chi connectivity index (χ0v) is 9.98. The number of carboxylic acids is 1. The number of carbonyl (C=O) groups is 1. The number of benzene rings is 1. The van der Waals surface area contributed by atoms with Crippen molar-refractivity contribution in [3.05, 3.63) is 40.3 Å². The topological polar surface area (TPSA) is 63.3 Å². The molecule has 1 aromatic heterocycles. The molecule has 0 fully saturated rings. The van der Waals surface area contributed by atoms with E-state index in [1.54, 1.807) is 6.07 Å². The van der Waals surface area contributed by atoms with Gasteiger partial charge in [-0.3, -0.25) is 0 Å². The fourth-order valence-corrected chi connectivity index (χ4v) is 2.07. The van der Waals surface area contributed by atoms with Gasteiger partial charge in [0.15, 0.2) is 17.8 Å². The normalized spacial score (nSPS) is 10.4. The molecule has 0 spiro atoms. The molecule has 0 saturated heterocycles. The molecule has 16 heavy (non-hydrogen) atoms. The molecule has 0 radical (unpaired) electrons. The first-order valence-electron chi connectivity index (χ1n) is 4.53. The van der Waals surface area contributed by atoms with Gasteiger partial charge in [0.25, 0.3) is 0 Å². The van der Waals surface area contributed by atoms with Crippen molar-refractivity contribution in [1.29, 1.82) is 0 Å². The second kappa shape index (κ2) is 4.09. The summed E-state index contributed by atoms with van der Waals surface area (Å²) in [5.41, 5.74) is 1.68. The third-order valence-electron chi connectivity index (χ3n) is 2.14. The van der Waals surface area contributed by atoms with Crippen LogP contribution < -0.4 is 0 Å². The van der Waals surface area contributed by atoms with Crippen LogP contribution in [0.2, 0.25) is 0 Å². The van der Waals surface area contributed by atoms with Gasteiger partial charge in [0, 0.05) is 10.0 Å². The van der Waals surface area contributed by atoms with E-state index in [0.29, 0.717) is 5.56 Å². The van der Waals surface area contributed by atoms with Crippen LogP contribution >= 0.6 is 15.9 Å². The van der Waals surface area contributed by atoms with Gasteiger partial charge in [-0.1, -0.05) is 22.0 Å². The highest BCUT2D eigenvalue weighted by Crippen LogP contribution is 2.31. The average molecular weight is 282 g/mol. The number of nitrogens with zero attached hydrogens (tertiary/aromatic N) is 1. The Bertz CT molecular complexity index is 548. The van der Waals surface area contributed by atoms with Crippen molar-refractivity contribution < 1.29 is 14.3 Å². The van der Waals surface area contributed by atoms with Crippen LogP contribution in [0.1, 0.15) is 16.1 Å². The summed E-state index contributed by atoms with van der Waals surface area (Å²) in [6.07, 6.45) is 1.13. The second-order valence-corrected chi connectivity index (χ2v) is 4.17. The van der Waals surface area contributed by atoms with Crippen LogP contribution in [0.5, 0.6) is 0 Å². The molecule has 0 atom stereocenters. The highest BCUT2D eigenvalue weighted by Gasteiger charge is 2.18. The quantitative estimate of drug-likeness (QED) is 0.919. The maximum atomic E-state index is 10.9. The first kappa shape index (κ1) is 10.9. The Kier molecular flexibility index (Phi) is 2.78. The highest BCUT2D eigenvalue weighted by atomic mass is 79.9. The molecule has 5 heteroatoms. The number of aromatic carboxylic acids is 1. The summed E-state index contributed by atoms with van der Waals surface area (Å²) < 4.78 is 5.89. The van der Waals surface area contributed by atoms with Crippen molar-refractivity contribution in [3.8, 4) is 11.3 Å². The fourth-order valence-electron chi connectivity index (χ4n) is 1.39. The number of halogens is 1. The number of aryl methyl sites for hydroxylation is 1. The molecule has 82 valence electrons. The summed E-state index contributed by atoms with van der Waals surface area (Å²) in [6, 6.07) is 5.57. The molecule has 0 saturated carbocycles. The standard InChI is InChI=1S/C11H8BrNO3/c1-6-2-3-7(8(12)4-6)10-9(11(14)15)13-5-16-10/h2-5H,1H3,(H,14,15). The summed E-state index contributed by atoms with van der Waals surface area (Å²) in [7, 11) is 0. The molecule has 0 unspecified atom stereocenters. The van der Waals surface area contributed by atoms with Gasteiger partial charge in [-0.25, -0.2) is 9.78 Å². The number of hydrogen-bond donors (Lipinski definition) is 1. The van der Waals surface area contributed by atoms with E-state index in [4.69, 9.17) is 9.52 Å². The maximum absolute atomic E-state index is 10.9. The third kappa shape index (κ3) is 1.86. The Morgan fingerprint density at radius 3 is 2.88 bits per heavy atom. The van der Waals surface area contributed by atoms with Gasteiger partial charge in [-0.05, 0) is 24.6 Å². The molecule has 0 aliphatic heterocycles. The van der Waals surface area contributed by atoms with Crippen molar-refractivity contribution in [1.82, 2.24) is 4.98 Å². The van der Waals surface area contributed by atoms with Crippen LogP contribution in [0.15, 0.2) is 33.5 Å². The maximum Gasteiger partial charge on any atom is 0.358 e. The summed E-state index contributed by atoms with van der Waals surface area (Å²) in [6.45, 7) is 1.95. The van der Waals surface area contributed by atoms with E-state index in [0.717, 1.165) is 16.4 Å². The van der Waals surface area contributed by atoms with Gasteiger partial charge in [0.1, 0.15) is 0 Å². The number of carboxylic acid groups (broad SMARTS) is 1. The summed E-state index contributed by atoms with van der Waals surface area (Å²) in [5, 5.41) is 8.92. The minimum atomic E-state index is -1.10. The molecule has 2 rings (SSSR count). The predicted octanol–water partition coefficient (Wildman–Crippen LogP) is 3.11. The first-order valence-corrected chi connectivity index (χ1v) is 5.32. The smallest absolute Gasteiger partial charge is 0.358 e. The van der Waals surface area contributed by atoms with E-state index >= 15 is 0 Å². The second-order valence-electron chi connectivity index (χ2n) is 3.32. The lowest BCUT2D eigenvalue weighted by atomic mass is 10.1. The Morgan fingerprint density at radius 1 is 1.50 bits per heavy atom. The molecule has 0 amide bonds. The molecule has 4 nitrogen and oxygen atoms in total. The fraction of sp³-hybridized carbons (Fsp3) is 0.0909. The molecule has 1 aromatic carbocycles. The highest BCUT2D eigenvalue weighted by molar-refractivity contribution is 9.10. The number of rotatable bonds is 2. The van der Waals surface area contributed by atoms with E-state index < -0.39 is 5.97 Å². The molecule has 2 aromatic rings. The Morgan fingerprint density at radius 2 is 2.25 bits per heavy atom. The van der Waals surface area contributed by atoms with E-state index in [2.05, 4.69) is 20.9 Å². The molecule has 0 bridgehead atoms. The Hall–Kier alpha value is -1.62. The van der Waals surface area contributed by atoms with Crippen molar-refractivity contribution >= 4 is 21.9 Å². The van der Waals surface area contributed by atoms with Gasteiger partial charge in [-0.2, -0.15) is 0 Å². The zero-order valence-electron chi connectivity index (χ0n) is 8.40. The molecular formula is C11H8BrNO3. The summed E-state index contributed by atoms with van der Waals surface area (Å²) >= 11 is 3.37. The lowest BCUT2D eigenvalue weighted by Crippen LogP contribution is -1.98. The minimum Gasteiger partial charge on any atom is -0.476 e. The van der Waals surface area contributed by atoms with Crippen LogP contribution in [0.25, 0.3) is 11.3 Å². The largest absolute Gasteiger partial charge is 0.476 e. The van der Waals surface area contributed by atoms with Crippen molar-refractivity contribution in [3.63, 3.8) is 0 Å². The van der Waals surface area contributed by atoms with Gasteiger partial charge in [0.05, 0.1) is 0 Å². The minimum absolute atomic E-state index is 0.0791. The van der Waals surface area contributed by atoms with Gasteiger partial charge in [-0.15, -0.1) is 0 Å².